The second-order valence-electron chi connectivity index (χ2n) is 3.87. The number of hydrogen-bond acceptors (Lipinski definition) is 3. The Morgan fingerprint density at radius 2 is 2.43 bits per heavy atom. The molecule has 2 unspecified atom stereocenters. The first-order chi connectivity index (χ1) is 6.70. The molecule has 1 heterocycles. The maximum absolute atomic E-state index is 11.3. The lowest BCUT2D eigenvalue weighted by atomic mass is 10.3. The van der Waals surface area contributed by atoms with Crippen LogP contribution in [0.3, 0.4) is 0 Å². The van der Waals surface area contributed by atoms with Crippen LogP contribution in [-0.4, -0.2) is 17.1 Å². The molecule has 1 N–H and O–H groups in total. The minimum atomic E-state index is -0.0823. The highest BCUT2D eigenvalue weighted by atomic mass is 16.5. The lowest BCUT2D eigenvalue weighted by Gasteiger charge is -2.01. The van der Waals surface area contributed by atoms with Crippen LogP contribution in [-0.2, 0) is 11.3 Å². The highest BCUT2D eigenvalue weighted by Gasteiger charge is 2.36. The largest absolute Gasteiger partial charge is 0.378 e. The second-order valence-corrected chi connectivity index (χ2v) is 3.87. The fraction of sp³-hybridized carbons (Fsp3) is 0.600. The predicted molar refractivity (Wildman–Crippen MR) is 52.1 cm³/mol. The summed E-state index contributed by atoms with van der Waals surface area (Å²) in [6.07, 6.45) is 1.12. The van der Waals surface area contributed by atoms with Crippen LogP contribution in [0.4, 0.5) is 0 Å². The Morgan fingerprint density at radius 3 is 3.00 bits per heavy atom. The van der Waals surface area contributed by atoms with Gasteiger partial charge in [-0.25, -0.2) is 4.98 Å². The number of aromatic nitrogens is 2. The van der Waals surface area contributed by atoms with Gasteiger partial charge in [0.05, 0.1) is 12.3 Å². The number of aromatic amines is 1. The number of rotatable bonds is 3. The van der Waals surface area contributed by atoms with E-state index in [1.54, 1.807) is 7.11 Å². The molecule has 4 nitrogen and oxygen atoms in total. The van der Waals surface area contributed by atoms with E-state index in [1.165, 1.54) is 6.07 Å². The number of methoxy groups -OCH3 is 1. The summed E-state index contributed by atoms with van der Waals surface area (Å²) in [6, 6.07) is 1.49. The molecule has 0 aliphatic heterocycles. The molecule has 0 aromatic carbocycles. The summed E-state index contributed by atoms with van der Waals surface area (Å²) in [6.45, 7) is 2.56. The quantitative estimate of drug-likeness (QED) is 0.782. The molecule has 2 atom stereocenters. The Kier molecular flexibility index (Phi) is 2.37. The van der Waals surface area contributed by atoms with E-state index >= 15 is 0 Å². The molecule has 0 spiro atoms. The van der Waals surface area contributed by atoms with Crippen LogP contribution in [0, 0.1) is 5.92 Å². The van der Waals surface area contributed by atoms with Gasteiger partial charge in [0.15, 0.2) is 0 Å². The Bertz CT molecular complexity index is 386. The normalized spacial score (nSPS) is 25.0. The molecule has 1 saturated carbocycles. The fourth-order valence-corrected chi connectivity index (χ4v) is 1.63. The zero-order valence-corrected chi connectivity index (χ0v) is 8.41. The topological polar surface area (TPSA) is 55.0 Å². The number of ether oxygens (including phenoxy) is 1. The molecule has 14 heavy (non-hydrogen) atoms. The van der Waals surface area contributed by atoms with Crippen molar-refractivity contribution in [1.82, 2.24) is 9.97 Å². The average molecular weight is 194 g/mol. The SMILES string of the molecule is COCc1cc(=O)[nH]c(C2CC2C)n1. The summed E-state index contributed by atoms with van der Waals surface area (Å²) in [5, 5.41) is 0. The average Bonchev–Trinajstić information content (AvgIpc) is 2.82. The van der Waals surface area contributed by atoms with Crippen LogP contribution >= 0.6 is 0 Å². The van der Waals surface area contributed by atoms with Crippen molar-refractivity contribution in [2.24, 2.45) is 5.92 Å². The Hall–Kier alpha value is -1.16. The fourth-order valence-electron chi connectivity index (χ4n) is 1.63. The second kappa shape index (κ2) is 3.53. The standard InChI is InChI=1S/C10H14N2O2/c1-6-3-8(6)10-11-7(5-14-2)4-9(13)12-10/h4,6,8H,3,5H2,1-2H3,(H,11,12,13). The monoisotopic (exact) mass is 194 g/mol. The van der Waals surface area contributed by atoms with E-state index in [1.807, 2.05) is 0 Å². The molecule has 1 fully saturated rings. The highest BCUT2D eigenvalue weighted by Crippen LogP contribution is 2.44. The van der Waals surface area contributed by atoms with Gasteiger partial charge in [-0.2, -0.15) is 0 Å². The van der Waals surface area contributed by atoms with Crippen molar-refractivity contribution >= 4 is 0 Å². The third-order valence-electron chi connectivity index (χ3n) is 2.57. The third kappa shape index (κ3) is 1.85. The number of nitrogens with zero attached hydrogens (tertiary/aromatic N) is 1. The van der Waals surface area contributed by atoms with Crippen molar-refractivity contribution in [3.05, 3.63) is 27.9 Å². The minimum absolute atomic E-state index is 0.0823. The summed E-state index contributed by atoms with van der Waals surface area (Å²) in [4.78, 5) is 18.4. The van der Waals surface area contributed by atoms with E-state index in [2.05, 4.69) is 16.9 Å². The summed E-state index contributed by atoms with van der Waals surface area (Å²) in [5.41, 5.74) is 0.631. The van der Waals surface area contributed by atoms with Crippen molar-refractivity contribution < 1.29 is 4.74 Å². The van der Waals surface area contributed by atoms with Gasteiger partial charge in [-0.15, -0.1) is 0 Å². The Labute approximate surface area is 82.3 Å². The molecule has 1 aliphatic rings. The van der Waals surface area contributed by atoms with Crippen LogP contribution in [0.15, 0.2) is 10.9 Å². The van der Waals surface area contributed by atoms with Crippen molar-refractivity contribution in [3.63, 3.8) is 0 Å². The lowest BCUT2D eigenvalue weighted by Crippen LogP contribution is -2.12. The van der Waals surface area contributed by atoms with Crippen molar-refractivity contribution in [2.75, 3.05) is 7.11 Å². The first-order valence-electron chi connectivity index (χ1n) is 4.80. The first-order valence-corrected chi connectivity index (χ1v) is 4.80. The molecule has 1 aromatic rings. The lowest BCUT2D eigenvalue weighted by molar-refractivity contribution is 0.181. The highest BCUT2D eigenvalue weighted by molar-refractivity contribution is 5.12. The maximum Gasteiger partial charge on any atom is 0.251 e. The zero-order chi connectivity index (χ0) is 10.1. The molecule has 1 aliphatic carbocycles. The number of H-pyrrole nitrogens is 1. The van der Waals surface area contributed by atoms with Gasteiger partial charge < -0.3 is 9.72 Å². The number of hydrogen-bond donors (Lipinski definition) is 1. The summed E-state index contributed by atoms with van der Waals surface area (Å²) >= 11 is 0. The van der Waals surface area contributed by atoms with Gasteiger partial charge in [-0.05, 0) is 12.3 Å². The van der Waals surface area contributed by atoms with E-state index in [9.17, 15) is 4.79 Å². The van der Waals surface area contributed by atoms with Gasteiger partial charge in [0, 0.05) is 19.1 Å². The van der Waals surface area contributed by atoms with Crippen LogP contribution in [0.1, 0.15) is 30.8 Å². The molecule has 76 valence electrons. The van der Waals surface area contributed by atoms with E-state index in [-0.39, 0.29) is 5.56 Å². The molecular weight excluding hydrogens is 180 g/mol. The van der Waals surface area contributed by atoms with E-state index in [0.717, 1.165) is 12.2 Å². The van der Waals surface area contributed by atoms with E-state index < -0.39 is 0 Å². The van der Waals surface area contributed by atoms with Gasteiger partial charge in [0.2, 0.25) is 0 Å². The molecule has 0 bridgehead atoms. The Morgan fingerprint density at radius 1 is 1.71 bits per heavy atom. The van der Waals surface area contributed by atoms with Gasteiger partial charge in [-0.3, -0.25) is 4.79 Å². The molecule has 4 heteroatoms. The van der Waals surface area contributed by atoms with Crippen LogP contribution in [0.5, 0.6) is 0 Å². The summed E-state index contributed by atoms with van der Waals surface area (Å²) in [5.74, 6) is 1.91. The Balaban J connectivity index is 2.27. The predicted octanol–water partition coefficient (Wildman–Crippen LogP) is 1.04. The van der Waals surface area contributed by atoms with E-state index in [4.69, 9.17) is 4.74 Å². The van der Waals surface area contributed by atoms with Gasteiger partial charge in [0.1, 0.15) is 5.82 Å². The molecular formula is C10H14N2O2. The van der Waals surface area contributed by atoms with Gasteiger partial charge in [-0.1, -0.05) is 6.92 Å². The third-order valence-corrected chi connectivity index (χ3v) is 2.57. The molecule has 0 saturated heterocycles. The maximum atomic E-state index is 11.3. The van der Waals surface area contributed by atoms with Crippen molar-refractivity contribution in [2.45, 2.75) is 25.9 Å². The minimum Gasteiger partial charge on any atom is -0.378 e. The smallest absolute Gasteiger partial charge is 0.251 e. The van der Waals surface area contributed by atoms with E-state index in [0.29, 0.717) is 24.1 Å². The molecule has 2 rings (SSSR count). The molecule has 1 aromatic heterocycles. The van der Waals surface area contributed by atoms with Crippen molar-refractivity contribution in [3.8, 4) is 0 Å². The van der Waals surface area contributed by atoms with Gasteiger partial charge in [0.25, 0.3) is 5.56 Å². The van der Waals surface area contributed by atoms with Gasteiger partial charge >= 0.3 is 0 Å². The van der Waals surface area contributed by atoms with Crippen LogP contribution < -0.4 is 5.56 Å². The number of nitrogens with one attached hydrogen (secondary N) is 1. The van der Waals surface area contributed by atoms with Crippen LogP contribution in [0.2, 0.25) is 0 Å². The first kappa shape index (κ1) is 9.40. The summed E-state index contributed by atoms with van der Waals surface area (Å²) in [7, 11) is 1.60. The summed E-state index contributed by atoms with van der Waals surface area (Å²) < 4.78 is 4.95. The van der Waals surface area contributed by atoms with Crippen molar-refractivity contribution in [1.29, 1.82) is 0 Å². The zero-order valence-electron chi connectivity index (χ0n) is 8.41. The van der Waals surface area contributed by atoms with Crippen LogP contribution in [0.25, 0.3) is 0 Å². The molecule has 0 radical (unpaired) electrons. The molecule has 0 amide bonds.